The van der Waals surface area contributed by atoms with Gasteiger partial charge in [0.25, 0.3) is 5.91 Å². The van der Waals surface area contributed by atoms with Gasteiger partial charge in [-0.2, -0.15) is 5.10 Å². The number of ether oxygens (including phenoxy) is 1. The molecule has 0 aliphatic rings. The van der Waals surface area contributed by atoms with Crippen LogP contribution in [0.1, 0.15) is 17.4 Å². The first kappa shape index (κ1) is 18.3. The first-order valence-corrected chi connectivity index (χ1v) is 9.29. The van der Waals surface area contributed by atoms with E-state index in [9.17, 15) is 4.79 Å². The first-order chi connectivity index (χ1) is 12.5. The minimum Gasteiger partial charge on any atom is -0.494 e. The number of amides is 1. The van der Waals surface area contributed by atoms with Crippen molar-refractivity contribution in [3.63, 3.8) is 0 Å². The number of nitrogens with zero attached hydrogens (tertiary/aromatic N) is 5. The predicted molar refractivity (Wildman–Crippen MR) is 104 cm³/mol. The summed E-state index contributed by atoms with van der Waals surface area (Å²) in [6.07, 6.45) is 1.63. The molecule has 0 fully saturated rings. The fourth-order valence-corrected chi connectivity index (χ4v) is 3.59. The lowest BCUT2D eigenvalue weighted by Crippen LogP contribution is -2.37. The smallest absolute Gasteiger partial charge is 0.278 e. The van der Waals surface area contributed by atoms with Gasteiger partial charge in [0.1, 0.15) is 11.4 Å². The zero-order chi connectivity index (χ0) is 18.7. The lowest BCUT2D eigenvalue weighted by Gasteiger charge is -2.21. The van der Waals surface area contributed by atoms with Crippen molar-refractivity contribution in [2.24, 2.45) is 7.05 Å². The number of likely N-dealkylation sites (N-methyl/N-ethyl adjacent to an activating group) is 1. The van der Waals surface area contributed by atoms with Gasteiger partial charge in [0.05, 0.1) is 16.8 Å². The highest BCUT2D eigenvalue weighted by molar-refractivity contribution is 7.22. The third-order valence-electron chi connectivity index (χ3n) is 3.95. The number of aromatic nitrogens is 3. The summed E-state index contributed by atoms with van der Waals surface area (Å²) >= 11 is 1.49. The molecule has 0 bridgehead atoms. The first-order valence-electron chi connectivity index (χ1n) is 8.47. The summed E-state index contributed by atoms with van der Waals surface area (Å²) in [5, 5.41) is 4.79. The van der Waals surface area contributed by atoms with Crippen molar-refractivity contribution in [2.45, 2.75) is 6.92 Å². The van der Waals surface area contributed by atoms with E-state index in [2.05, 4.69) is 10.1 Å². The molecule has 7 nitrogen and oxygen atoms in total. The lowest BCUT2D eigenvalue weighted by atomic mass is 10.3. The number of anilines is 1. The highest BCUT2D eigenvalue weighted by atomic mass is 32.1. The molecule has 138 valence electrons. The van der Waals surface area contributed by atoms with Gasteiger partial charge in [0, 0.05) is 26.3 Å². The number of rotatable bonds is 7. The number of thiazole rings is 1. The molecule has 0 radical (unpaired) electrons. The predicted octanol–water partition coefficient (Wildman–Crippen LogP) is 2.64. The van der Waals surface area contributed by atoms with E-state index in [1.807, 2.05) is 44.1 Å². The van der Waals surface area contributed by atoms with Crippen LogP contribution in [0.3, 0.4) is 0 Å². The third kappa shape index (κ3) is 3.86. The molecule has 8 heteroatoms. The number of benzene rings is 1. The van der Waals surface area contributed by atoms with Crippen molar-refractivity contribution in [1.82, 2.24) is 19.7 Å². The van der Waals surface area contributed by atoms with Crippen LogP contribution >= 0.6 is 11.3 Å². The molecule has 0 N–H and O–H groups in total. The van der Waals surface area contributed by atoms with E-state index in [1.165, 1.54) is 11.3 Å². The van der Waals surface area contributed by atoms with Crippen LogP contribution in [0, 0.1) is 0 Å². The van der Waals surface area contributed by atoms with Gasteiger partial charge in [-0.05, 0) is 45.3 Å². The molecule has 26 heavy (non-hydrogen) atoms. The molecular weight excluding hydrogens is 350 g/mol. The second-order valence-electron chi connectivity index (χ2n) is 6.16. The zero-order valence-electron chi connectivity index (χ0n) is 15.5. The summed E-state index contributed by atoms with van der Waals surface area (Å²) in [4.78, 5) is 21.5. The SMILES string of the molecule is CCOc1ccc2nc(N(CCN(C)C)C(=O)c3ccnn3C)sc2c1. The average molecular weight is 373 g/mol. The van der Waals surface area contributed by atoms with Crippen LogP contribution < -0.4 is 9.64 Å². The van der Waals surface area contributed by atoms with Crippen LogP contribution in [-0.4, -0.2) is 59.4 Å². The Kier molecular flexibility index (Phi) is 5.53. The number of carbonyl (C=O) groups excluding carboxylic acids is 1. The third-order valence-corrected chi connectivity index (χ3v) is 4.99. The van der Waals surface area contributed by atoms with E-state index in [0.29, 0.717) is 24.0 Å². The maximum atomic E-state index is 13.1. The Labute approximate surface area is 156 Å². The van der Waals surface area contributed by atoms with Gasteiger partial charge in [0.15, 0.2) is 5.13 Å². The van der Waals surface area contributed by atoms with E-state index in [-0.39, 0.29) is 5.91 Å². The van der Waals surface area contributed by atoms with Crippen molar-refractivity contribution in [3.8, 4) is 5.75 Å². The fraction of sp³-hybridized carbons (Fsp3) is 0.389. The van der Waals surface area contributed by atoms with Crippen LogP contribution in [0.25, 0.3) is 10.2 Å². The van der Waals surface area contributed by atoms with Crippen LogP contribution in [-0.2, 0) is 7.05 Å². The normalized spacial score (nSPS) is 11.3. The summed E-state index contributed by atoms with van der Waals surface area (Å²) in [7, 11) is 5.74. The number of fused-ring (bicyclic) bond motifs is 1. The van der Waals surface area contributed by atoms with Crippen molar-refractivity contribution < 1.29 is 9.53 Å². The summed E-state index contributed by atoms with van der Waals surface area (Å²) in [5.41, 5.74) is 1.40. The summed E-state index contributed by atoms with van der Waals surface area (Å²) < 4.78 is 8.15. The van der Waals surface area contributed by atoms with Crippen LogP contribution in [0.5, 0.6) is 5.75 Å². The van der Waals surface area contributed by atoms with Crippen LogP contribution in [0.15, 0.2) is 30.5 Å². The van der Waals surface area contributed by atoms with Gasteiger partial charge in [-0.3, -0.25) is 14.4 Å². The van der Waals surface area contributed by atoms with Gasteiger partial charge in [0.2, 0.25) is 0 Å². The van der Waals surface area contributed by atoms with E-state index in [1.54, 1.807) is 28.9 Å². The summed E-state index contributed by atoms with van der Waals surface area (Å²) in [5.74, 6) is 0.712. The van der Waals surface area contributed by atoms with Gasteiger partial charge in [-0.25, -0.2) is 4.98 Å². The molecule has 0 unspecified atom stereocenters. The van der Waals surface area contributed by atoms with Crippen LogP contribution in [0.4, 0.5) is 5.13 Å². The molecule has 3 aromatic rings. The highest BCUT2D eigenvalue weighted by Crippen LogP contribution is 2.32. The Hall–Kier alpha value is -2.45. The zero-order valence-corrected chi connectivity index (χ0v) is 16.3. The largest absolute Gasteiger partial charge is 0.494 e. The molecule has 0 spiro atoms. The Balaban J connectivity index is 1.96. The molecule has 0 atom stereocenters. The van der Waals surface area contributed by atoms with Gasteiger partial charge >= 0.3 is 0 Å². The molecule has 0 aliphatic carbocycles. The molecule has 1 amide bonds. The monoisotopic (exact) mass is 373 g/mol. The number of carbonyl (C=O) groups is 1. The maximum absolute atomic E-state index is 13.1. The molecule has 0 aliphatic heterocycles. The second-order valence-corrected chi connectivity index (χ2v) is 7.17. The number of aryl methyl sites for hydroxylation is 1. The van der Waals surface area contributed by atoms with Crippen molar-refractivity contribution in [3.05, 3.63) is 36.2 Å². The minimum atomic E-state index is -0.101. The van der Waals surface area contributed by atoms with Gasteiger partial charge in [-0.1, -0.05) is 11.3 Å². The van der Waals surface area contributed by atoms with Gasteiger partial charge in [-0.15, -0.1) is 0 Å². The molecule has 2 heterocycles. The number of hydrogen-bond donors (Lipinski definition) is 0. The van der Waals surface area contributed by atoms with E-state index >= 15 is 0 Å². The Bertz CT molecular complexity index is 902. The van der Waals surface area contributed by atoms with Crippen LogP contribution in [0.2, 0.25) is 0 Å². The minimum absolute atomic E-state index is 0.101. The summed E-state index contributed by atoms with van der Waals surface area (Å²) in [6.45, 7) is 3.86. The topological polar surface area (TPSA) is 63.5 Å². The fourth-order valence-electron chi connectivity index (χ4n) is 2.57. The second kappa shape index (κ2) is 7.84. The molecular formula is C18H23N5O2S. The van der Waals surface area contributed by atoms with E-state index in [0.717, 1.165) is 22.5 Å². The Morgan fingerprint density at radius 2 is 2.08 bits per heavy atom. The maximum Gasteiger partial charge on any atom is 0.278 e. The quantitative estimate of drug-likeness (QED) is 0.637. The highest BCUT2D eigenvalue weighted by Gasteiger charge is 2.23. The average Bonchev–Trinajstić information content (AvgIpc) is 3.20. The lowest BCUT2D eigenvalue weighted by molar-refractivity contribution is 0.0976. The molecule has 1 aromatic carbocycles. The molecule has 0 saturated heterocycles. The van der Waals surface area contributed by atoms with E-state index in [4.69, 9.17) is 4.74 Å². The Morgan fingerprint density at radius 1 is 1.27 bits per heavy atom. The standard InChI is InChI=1S/C18H23N5O2S/c1-5-25-13-6-7-14-16(12-13)26-18(20-14)23(11-10-21(2)3)17(24)15-8-9-19-22(15)4/h6-9,12H,5,10-11H2,1-4H3. The van der Waals surface area contributed by atoms with Crippen molar-refractivity contribution in [2.75, 3.05) is 38.7 Å². The van der Waals surface area contributed by atoms with Crippen molar-refractivity contribution >= 4 is 32.6 Å². The van der Waals surface area contributed by atoms with E-state index < -0.39 is 0 Å². The van der Waals surface area contributed by atoms with Crippen molar-refractivity contribution in [1.29, 1.82) is 0 Å². The molecule has 0 saturated carbocycles. The molecule has 2 aromatic heterocycles. The van der Waals surface area contributed by atoms with Gasteiger partial charge < -0.3 is 9.64 Å². The number of hydrogen-bond acceptors (Lipinski definition) is 6. The Morgan fingerprint density at radius 3 is 2.73 bits per heavy atom. The summed E-state index contributed by atoms with van der Waals surface area (Å²) in [6, 6.07) is 7.53. The molecule has 3 rings (SSSR count).